The Morgan fingerprint density at radius 3 is 2.53 bits per heavy atom. The van der Waals surface area contributed by atoms with Crippen LogP contribution in [0.25, 0.3) is 0 Å². The van der Waals surface area contributed by atoms with E-state index in [1.165, 1.54) is 0 Å². The molecule has 0 saturated carbocycles. The summed E-state index contributed by atoms with van der Waals surface area (Å²) in [5.74, 6) is 5.86. The molecule has 1 aromatic carbocycles. The number of anilines is 3. The number of hydrazine groups is 1. The fourth-order valence-corrected chi connectivity index (χ4v) is 1.38. The molecule has 0 atom stereocenters. The summed E-state index contributed by atoms with van der Waals surface area (Å²) in [6.45, 7) is 0. The highest BCUT2D eigenvalue weighted by atomic mass is 15.2. The molecule has 0 aliphatic carbocycles. The van der Waals surface area contributed by atoms with Crippen molar-refractivity contribution in [3.8, 4) is 6.07 Å². The Balaban J connectivity index is 2.16. The maximum absolute atomic E-state index is 8.69. The molecule has 0 amide bonds. The zero-order valence-corrected chi connectivity index (χ0v) is 9.01. The number of nitrogen functional groups attached to an aromatic ring is 1. The second-order valence-electron chi connectivity index (χ2n) is 3.39. The third-order valence-corrected chi connectivity index (χ3v) is 2.21. The fourth-order valence-electron chi connectivity index (χ4n) is 1.38. The number of hydrogen-bond acceptors (Lipinski definition) is 5. The van der Waals surface area contributed by atoms with E-state index in [9.17, 15) is 0 Å². The standard InChI is InChI=1S/C12H11N5/c13-8-9-1-3-10(4-2-9)16-11-5-6-15-12(7-11)17-14/h1-7H,14H2,(H2,15,16,17). The average Bonchev–Trinajstić information content (AvgIpc) is 2.40. The van der Waals surface area contributed by atoms with Crippen LogP contribution in [0.5, 0.6) is 0 Å². The van der Waals surface area contributed by atoms with Gasteiger partial charge in [-0.1, -0.05) is 0 Å². The van der Waals surface area contributed by atoms with Crippen LogP contribution in [0.1, 0.15) is 5.56 Å². The van der Waals surface area contributed by atoms with E-state index in [4.69, 9.17) is 11.1 Å². The number of hydrogen-bond donors (Lipinski definition) is 3. The highest BCUT2D eigenvalue weighted by Gasteiger charge is 1.97. The lowest BCUT2D eigenvalue weighted by Gasteiger charge is -2.07. The van der Waals surface area contributed by atoms with Gasteiger partial charge in [-0.05, 0) is 30.3 Å². The molecule has 5 nitrogen and oxygen atoms in total. The molecule has 0 aliphatic heterocycles. The minimum atomic E-state index is 0.587. The third kappa shape index (κ3) is 2.71. The Hall–Kier alpha value is -2.58. The second kappa shape index (κ2) is 4.96. The van der Waals surface area contributed by atoms with Crippen LogP contribution in [0, 0.1) is 11.3 Å². The Morgan fingerprint density at radius 1 is 1.12 bits per heavy atom. The van der Waals surface area contributed by atoms with E-state index in [-0.39, 0.29) is 0 Å². The Kier molecular flexibility index (Phi) is 3.19. The Morgan fingerprint density at radius 2 is 1.88 bits per heavy atom. The van der Waals surface area contributed by atoms with Crippen LogP contribution in [-0.2, 0) is 0 Å². The minimum absolute atomic E-state index is 0.587. The topological polar surface area (TPSA) is 86.8 Å². The van der Waals surface area contributed by atoms with E-state index in [1.54, 1.807) is 24.4 Å². The molecule has 1 heterocycles. The first-order chi connectivity index (χ1) is 8.31. The summed E-state index contributed by atoms with van der Waals surface area (Å²) in [5.41, 5.74) is 4.89. The number of nitriles is 1. The average molecular weight is 225 g/mol. The molecule has 0 radical (unpaired) electrons. The Bertz CT molecular complexity index is 542. The molecule has 4 N–H and O–H groups in total. The molecule has 0 saturated heterocycles. The monoisotopic (exact) mass is 225 g/mol. The summed E-state index contributed by atoms with van der Waals surface area (Å²) in [6, 6.07) is 12.9. The summed E-state index contributed by atoms with van der Waals surface area (Å²) in [7, 11) is 0. The SMILES string of the molecule is N#Cc1ccc(Nc2ccnc(NN)c2)cc1. The number of nitrogens with one attached hydrogen (secondary N) is 2. The molecule has 84 valence electrons. The van der Waals surface area contributed by atoms with E-state index in [0.29, 0.717) is 11.4 Å². The van der Waals surface area contributed by atoms with Crippen molar-refractivity contribution >= 4 is 17.2 Å². The quantitative estimate of drug-likeness (QED) is 0.549. The van der Waals surface area contributed by atoms with Gasteiger partial charge >= 0.3 is 0 Å². The predicted octanol–water partition coefficient (Wildman–Crippen LogP) is 1.98. The zero-order chi connectivity index (χ0) is 12.1. The van der Waals surface area contributed by atoms with Crippen LogP contribution in [0.3, 0.4) is 0 Å². The van der Waals surface area contributed by atoms with Gasteiger partial charge in [0, 0.05) is 23.6 Å². The first-order valence-corrected chi connectivity index (χ1v) is 5.01. The molecule has 2 rings (SSSR count). The summed E-state index contributed by atoms with van der Waals surface area (Å²) in [4.78, 5) is 4.01. The summed E-state index contributed by atoms with van der Waals surface area (Å²) in [6.07, 6.45) is 1.65. The number of benzene rings is 1. The number of pyridine rings is 1. The summed E-state index contributed by atoms with van der Waals surface area (Å²) < 4.78 is 0. The molecule has 0 spiro atoms. The molecule has 5 heteroatoms. The summed E-state index contributed by atoms with van der Waals surface area (Å²) >= 11 is 0. The molecule has 0 unspecified atom stereocenters. The van der Waals surface area contributed by atoms with Crippen molar-refractivity contribution in [2.75, 3.05) is 10.7 Å². The van der Waals surface area contributed by atoms with E-state index >= 15 is 0 Å². The zero-order valence-electron chi connectivity index (χ0n) is 9.01. The van der Waals surface area contributed by atoms with Crippen molar-refractivity contribution < 1.29 is 0 Å². The van der Waals surface area contributed by atoms with Crippen LogP contribution >= 0.6 is 0 Å². The number of aromatic nitrogens is 1. The molecular formula is C12H11N5. The van der Waals surface area contributed by atoms with Crippen molar-refractivity contribution in [2.45, 2.75) is 0 Å². The maximum Gasteiger partial charge on any atom is 0.141 e. The molecule has 0 aliphatic rings. The highest BCUT2D eigenvalue weighted by molar-refractivity contribution is 5.62. The number of rotatable bonds is 3. The van der Waals surface area contributed by atoms with Gasteiger partial charge in [0.05, 0.1) is 11.6 Å². The summed E-state index contributed by atoms with van der Waals surface area (Å²) in [5, 5.41) is 11.9. The van der Waals surface area contributed by atoms with Crippen LogP contribution in [0.15, 0.2) is 42.6 Å². The van der Waals surface area contributed by atoms with Crippen molar-refractivity contribution in [1.82, 2.24) is 4.98 Å². The fraction of sp³-hybridized carbons (Fsp3) is 0. The van der Waals surface area contributed by atoms with Crippen LogP contribution in [-0.4, -0.2) is 4.98 Å². The maximum atomic E-state index is 8.69. The highest BCUT2D eigenvalue weighted by Crippen LogP contribution is 2.18. The van der Waals surface area contributed by atoms with Gasteiger partial charge in [0.15, 0.2) is 0 Å². The molecule has 1 aromatic heterocycles. The minimum Gasteiger partial charge on any atom is -0.355 e. The van der Waals surface area contributed by atoms with Gasteiger partial charge in [-0.2, -0.15) is 5.26 Å². The van der Waals surface area contributed by atoms with Gasteiger partial charge in [-0.15, -0.1) is 0 Å². The normalized spacial score (nSPS) is 9.41. The van der Waals surface area contributed by atoms with Gasteiger partial charge in [0.2, 0.25) is 0 Å². The van der Waals surface area contributed by atoms with Crippen molar-refractivity contribution in [1.29, 1.82) is 5.26 Å². The number of nitrogens with two attached hydrogens (primary N) is 1. The van der Waals surface area contributed by atoms with Gasteiger partial charge in [0.1, 0.15) is 5.82 Å². The predicted molar refractivity (Wildman–Crippen MR) is 66.5 cm³/mol. The van der Waals surface area contributed by atoms with Crippen molar-refractivity contribution in [3.05, 3.63) is 48.2 Å². The van der Waals surface area contributed by atoms with Gasteiger partial charge < -0.3 is 10.7 Å². The smallest absolute Gasteiger partial charge is 0.141 e. The second-order valence-corrected chi connectivity index (χ2v) is 3.39. The molecule has 17 heavy (non-hydrogen) atoms. The van der Waals surface area contributed by atoms with E-state index in [0.717, 1.165) is 11.4 Å². The van der Waals surface area contributed by atoms with Crippen LogP contribution < -0.4 is 16.6 Å². The van der Waals surface area contributed by atoms with Gasteiger partial charge in [0.25, 0.3) is 0 Å². The first kappa shape index (κ1) is 10.9. The first-order valence-electron chi connectivity index (χ1n) is 5.01. The lowest BCUT2D eigenvalue weighted by Crippen LogP contribution is -2.08. The molecule has 0 bridgehead atoms. The van der Waals surface area contributed by atoms with E-state index < -0.39 is 0 Å². The Labute approximate surface area is 98.9 Å². The van der Waals surface area contributed by atoms with Crippen molar-refractivity contribution in [3.63, 3.8) is 0 Å². The lowest BCUT2D eigenvalue weighted by molar-refractivity contribution is 1.23. The third-order valence-electron chi connectivity index (χ3n) is 2.21. The van der Waals surface area contributed by atoms with Crippen LogP contribution in [0.4, 0.5) is 17.2 Å². The largest absolute Gasteiger partial charge is 0.355 e. The molecular weight excluding hydrogens is 214 g/mol. The van der Waals surface area contributed by atoms with Gasteiger partial charge in [-0.25, -0.2) is 10.8 Å². The lowest BCUT2D eigenvalue weighted by atomic mass is 10.2. The molecule has 2 aromatic rings. The van der Waals surface area contributed by atoms with Crippen molar-refractivity contribution in [2.24, 2.45) is 5.84 Å². The van der Waals surface area contributed by atoms with Gasteiger partial charge in [-0.3, -0.25) is 0 Å². The van der Waals surface area contributed by atoms with E-state index in [2.05, 4.69) is 21.8 Å². The number of nitrogens with zero attached hydrogens (tertiary/aromatic N) is 2. The molecule has 0 fully saturated rings. The van der Waals surface area contributed by atoms with Crippen LogP contribution in [0.2, 0.25) is 0 Å². The van der Waals surface area contributed by atoms with E-state index in [1.807, 2.05) is 18.2 Å².